The molecule has 0 atom stereocenters. The molecule has 1 aromatic carbocycles. The highest BCUT2D eigenvalue weighted by molar-refractivity contribution is 7.87. The molecule has 0 aliphatic heterocycles. The van der Waals surface area contributed by atoms with Crippen molar-refractivity contribution in [2.75, 3.05) is 23.9 Å². The van der Waals surface area contributed by atoms with E-state index in [0.717, 1.165) is 5.56 Å². The van der Waals surface area contributed by atoms with Crippen LogP contribution in [0.2, 0.25) is 0 Å². The number of ether oxygens (including phenoxy) is 1. The van der Waals surface area contributed by atoms with E-state index in [1.54, 1.807) is 12.1 Å². The van der Waals surface area contributed by atoms with Gasteiger partial charge in [-0.2, -0.15) is 25.3 Å². The van der Waals surface area contributed by atoms with E-state index >= 15 is 0 Å². The quantitative estimate of drug-likeness (QED) is 0.440. The Labute approximate surface area is 151 Å². The number of hydrogen-bond donors (Lipinski definition) is 3. The van der Waals surface area contributed by atoms with Crippen LogP contribution in [-0.2, 0) is 30.4 Å². The number of hydrogen-bond acceptors (Lipinski definition) is 7. The van der Waals surface area contributed by atoms with Gasteiger partial charge < -0.3 is 4.74 Å². The Kier molecular flexibility index (Phi) is 6.95. The molecule has 13 heteroatoms. The van der Waals surface area contributed by atoms with Gasteiger partial charge in [-0.25, -0.2) is 0 Å². The second-order valence-corrected chi connectivity index (χ2v) is 10.1. The van der Waals surface area contributed by atoms with Crippen molar-refractivity contribution in [2.24, 2.45) is 5.41 Å². The summed E-state index contributed by atoms with van der Waals surface area (Å²) in [5.41, 5.74) is -1.64. The summed E-state index contributed by atoms with van der Waals surface area (Å²) < 4.78 is 99.9. The van der Waals surface area contributed by atoms with Gasteiger partial charge in [0.25, 0.3) is 30.4 Å². The van der Waals surface area contributed by atoms with Crippen molar-refractivity contribution in [1.29, 1.82) is 0 Å². The molecule has 0 heterocycles. The van der Waals surface area contributed by atoms with Gasteiger partial charge >= 0.3 is 0 Å². The fraction of sp³-hybridized carbons (Fsp3) is 0.385. The lowest BCUT2D eigenvalue weighted by Gasteiger charge is -2.29. The highest BCUT2D eigenvalue weighted by Gasteiger charge is 2.43. The minimum absolute atomic E-state index is 0.126. The van der Waals surface area contributed by atoms with E-state index in [9.17, 15) is 25.3 Å². The lowest BCUT2D eigenvalue weighted by atomic mass is 9.97. The van der Waals surface area contributed by atoms with E-state index in [-0.39, 0.29) is 5.75 Å². The maximum absolute atomic E-state index is 11.2. The molecule has 0 unspecified atom stereocenters. The van der Waals surface area contributed by atoms with Crippen molar-refractivity contribution in [3.8, 4) is 5.75 Å². The third kappa shape index (κ3) is 8.73. The van der Waals surface area contributed by atoms with E-state index < -0.39 is 59.6 Å². The van der Waals surface area contributed by atoms with Crippen molar-refractivity contribution < 1.29 is 43.6 Å². The normalized spacial score (nSPS) is 13.3. The molecule has 10 nitrogen and oxygen atoms in total. The minimum Gasteiger partial charge on any atom is -0.493 e. The molecule has 0 radical (unpaired) electrons. The van der Waals surface area contributed by atoms with Gasteiger partial charge in [0.15, 0.2) is 0 Å². The molecular formula is C13H18O10S3. The van der Waals surface area contributed by atoms with Gasteiger partial charge in [0.05, 0.1) is 29.3 Å². The molecule has 26 heavy (non-hydrogen) atoms. The first kappa shape index (κ1) is 22.5. The van der Waals surface area contributed by atoms with E-state index in [2.05, 4.69) is 6.58 Å². The van der Waals surface area contributed by atoms with Crippen LogP contribution in [0.25, 0.3) is 6.08 Å². The van der Waals surface area contributed by atoms with Crippen LogP contribution in [0.3, 0.4) is 0 Å². The van der Waals surface area contributed by atoms with Gasteiger partial charge in [0.1, 0.15) is 5.75 Å². The lowest BCUT2D eigenvalue weighted by molar-refractivity contribution is 0.197. The first-order chi connectivity index (χ1) is 11.6. The zero-order valence-electron chi connectivity index (χ0n) is 13.3. The summed E-state index contributed by atoms with van der Waals surface area (Å²) in [4.78, 5) is 0. The molecule has 0 fully saturated rings. The van der Waals surface area contributed by atoms with Crippen LogP contribution in [0.5, 0.6) is 5.75 Å². The first-order valence-electron chi connectivity index (χ1n) is 6.84. The fourth-order valence-electron chi connectivity index (χ4n) is 2.35. The molecule has 148 valence electrons. The summed E-state index contributed by atoms with van der Waals surface area (Å²) in [7, 11) is -14.7. The highest BCUT2D eigenvalue weighted by Crippen LogP contribution is 2.26. The Morgan fingerprint density at radius 2 is 1.23 bits per heavy atom. The van der Waals surface area contributed by atoms with Crippen LogP contribution < -0.4 is 4.74 Å². The molecule has 0 amide bonds. The van der Waals surface area contributed by atoms with Crippen LogP contribution in [0, 0.1) is 5.41 Å². The maximum Gasteiger partial charge on any atom is 0.265 e. The van der Waals surface area contributed by atoms with Crippen LogP contribution in [-0.4, -0.2) is 62.8 Å². The molecule has 0 aliphatic rings. The molecule has 0 aliphatic carbocycles. The van der Waals surface area contributed by atoms with Gasteiger partial charge in [-0.3, -0.25) is 13.7 Å². The third-order valence-electron chi connectivity index (χ3n) is 3.13. The monoisotopic (exact) mass is 430 g/mol. The highest BCUT2D eigenvalue weighted by atomic mass is 32.2. The van der Waals surface area contributed by atoms with Gasteiger partial charge in [-0.05, 0) is 17.7 Å². The predicted molar refractivity (Wildman–Crippen MR) is 93.7 cm³/mol. The molecule has 0 aromatic heterocycles. The zero-order valence-corrected chi connectivity index (χ0v) is 15.8. The van der Waals surface area contributed by atoms with Gasteiger partial charge in [-0.1, -0.05) is 24.8 Å². The molecular weight excluding hydrogens is 412 g/mol. The zero-order chi connectivity index (χ0) is 20.2. The molecule has 3 N–H and O–H groups in total. The summed E-state index contributed by atoms with van der Waals surface area (Å²) >= 11 is 0. The maximum atomic E-state index is 11.2. The first-order valence-corrected chi connectivity index (χ1v) is 11.7. The molecule has 0 spiro atoms. The van der Waals surface area contributed by atoms with Crippen LogP contribution >= 0.6 is 0 Å². The number of rotatable bonds is 10. The molecule has 0 saturated heterocycles. The van der Waals surface area contributed by atoms with Crippen molar-refractivity contribution in [1.82, 2.24) is 0 Å². The average Bonchev–Trinajstić information content (AvgIpc) is 2.40. The SMILES string of the molecule is C=Cc1ccc(OCC(CS(=O)(=O)O)(CS(=O)(=O)O)CS(=O)(=O)O)cc1. The van der Waals surface area contributed by atoms with E-state index in [1.807, 2.05) is 0 Å². The summed E-state index contributed by atoms with van der Waals surface area (Å²) in [5.74, 6) is -4.03. The second-order valence-electron chi connectivity index (χ2n) is 5.74. The van der Waals surface area contributed by atoms with Crippen LogP contribution in [0.1, 0.15) is 5.56 Å². The fourth-order valence-corrected chi connectivity index (χ4v) is 5.92. The smallest absolute Gasteiger partial charge is 0.265 e. The summed E-state index contributed by atoms with van der Waals surface area (Å²) in [6, 6.07) is 5.99. The van der Waals surface area contributed by atoms with E-state index in [1.165, 1.54) is 18.2 Å². The Morgan fingerprint density at radius 1 is 0.846 bits per heavy atom. The number of benzene rings is 1. The van der Waals surface area contributed by atoms with Gasteiger partial charge in [-0.15, -0.1) is 0 Å². The predicted octanol–water partition coefficient (Wildman–Crippen LogP) is 0.358. The second kappa shape index (κ2) is 8.02. The Bertz CT molecular complexity index is 860. The Hall–Kier alpha value is -1.51. The van der Waals surface area contributed by atoms with E-state index in [0.29, 0.717) is 0 Å². The summed E-state index contributed by atoms with van der Waals surface area (Å²) in [5, 5.41) is 0. The van der Waals surface area contributed by atoms with Gasteiger partial charge in [0, 0.05) is 0 Å². The Balaban J connectivity index is 3.26. The molecule has 1 aromatic rings. The van der Waals surface area contributed by atoms with Crippen molar-refractivity contribution in [3.05, 3.63) is 36.4 Å². The topological polar surface area (TPSA) is 172 Å². The standard InChI is InChI=1S/C13H18O10S3/c1-2-11-3-5-12(6-4-11)23-7-13(8-24(14,15)16,9-25(17,18)19)10-26(20,21)22/h2-6H,1,7-10H2,(H,14,15,16)(H,17,18,19)(H,20,21,22). The van der Waals surface area contributed by atoms with E-state index in [4.69, 9.17) is 18.4 Å². The van der Waals surface area contributed by atoms with Crippen LogP contribution in [0.4, 0.5) is 0 Å². The molecule has 1 rings (SSSR count). The molecule has 0 bridgehead atoms. The summed E-state index contributed by atoms with van der Waals surface area (Å²) in [6.07, 6.45) is 1.53. The Morgan fingerprint density at radius 3 is 1.54 bits per heavy atom. The largest absolute Gasteiger partial charge is 0.493 e. The third-order valence-corrected chi connectivity index (χ3v) is 6.06. The minimum atomic E-state index is -4.89. The van der Waals surface area contributed by atoms with Crippen molar-refractivity contribution in [3.63, 3.8) is 0 Å². The van der Waals surface area contributed by atoms with Crippen molar-refractivity contribution >= 4 is 36.4 Å². The summed E-state index contributed by atoms with van der Waals surface area (Å²) in [6.45, 7) is 2.70. The van der Waals surface area contributed by atoms with Crippen LogP contribution in [0.15, 0.2) is 30.8 Å². The lowest BCUT2D eigenvalue weighted by Crippen LogP contribution is -2.46. The average molecular weight is 430 g/mol. The van der Waals surface area contributed by atoms with Gasteiger partial charge in [0.2, 0.25) is 0 Å². The van der Waals surface area contributed by atoms with Crippen molar-refractivity contribution in [2.45, 2.75) is 0 Å². The molecule has 0 saturated carbocycles.